The van der Waals surface area contributed by atoms with Crippen molar-refractivity contribution < 1.29 is 14.4 Å². The molecule has 0 bridgehead atoms. The number of ketones is 1. The molecule has 0 spiro atoms. The number of rotatable bonds is 3. The molecule has 0 fully saturated rings. The minimum atomic E-state index is -0.551. The predicted octanol–water partition coefficient (Wildman–Crippen LogP) is 1.83. The van der Waals surface area contributed by atoms with E-state index in [1.807, 2.05) is 6.92 Å². The zero-order valence-corrected chi connectivity index (χ0v) is 10.4. The summed E-state index contributed by atoms with van der Waals surface area (Å²) in [6.07, 6.45) is 1.06. The fraction of sp³-hybridized carbons (Fsp3) is 0.357. The molecule has 1 aromatic rings. The zero-order chi connectivity index (χ0) is 13.3. The lowest BCUT2D eigenvalue weighted by Gasteiger charge is -2.26. The molecule has 0 aromatic heterocycles. The summed E-state index contributed by atoms with van der Waals surface area (Å²) in [5.74, 6) is -0.419. The van der Waals surface area contributed by atoms with Crippen molar-refractivity contribution in [2.45, 2.75) is 26.3 Å². The molecule has 0 N–H and O–H groups in total. The largest absolute Gasteiger partial charge is 0.303 e. The number of hydrogen-bond acceptors (Lipinski definition) is 3. The van der Waals surface area contributed by atoms with E-state index in [4.69, 9.17) is 0 Å². The number of hydrogen-bond donors (Lipinski definition) is 0. The normalized spacial score (nSPS) is 19.6. The van der Waals surface area contributed by atoms with Crippen molar-refractivity contribution in [3.8, 4) is 0 Å². The second-order valence-corrected chi connectivity index (χ2v) is 4.59. The van der Waals surface area contributed by atoms with Crippen LogP contribution in [0.15, 0.2) is 24.3 Å². The maximum Gasteiger partial charge on any atom is 0.224 e. The van der Waals surface area contributed by atoms with Crippen LogP contribution in [0.1, 0.15) is 30.6 Å². The number of carbonyl (C=O) groups excluding carboxylic acids is 3. The van der Waals surface area contributed by atoms with Gasteiger partial charge in [0.15, 0.2) is 5.78 Å². The Morgan fingerprint density at radius 2 is 2.11 bits per heavy atom. The Hall–Kier alpha value is -1.97. The summed E-state index contributed by atoms with van der Waals surface area (Å²) >= 11 is 0. The number of benzene rings is 1. The van der Waals surface area contributed by atoms with E-state index in [0.29, 0.717) is 11.3 Å². The lowest BCUT2D eigenvalue weighted by molar-refractivity contribution is -0.117. The summed E-state index contributed by atoms with van der Waals surface area (Å²) in [4.78, 5) is 36.2. The number of anilines is 1. The van der Waals surface area contributed by atoms with Gasteiger partial charge in [-0.1, -0.05) is 19.1 Å². The highest BCUT2D eigenvalue weighted by molar-refractivity contribution is 6.17. The molecule has 1 aliphatic rings. The molecule has 4 heteroatoms. The van der Waals surface area contributed by atoms with Crippen LogP contribution in [-0.4, -0.2) is 24.0 Å². The number of carbonyl (C=O) groups is 3. The molecular weight excluding hydrogens is 230 g/mol. The SMILES string of the molecule is CC(=O)N1c2ccccc2C(=O)C1C(C)CC=O. The smallest absolute Gasteiger partial charge is 0.224 e. The summed E-state index contributed by atoms with van der Waals surface area (Å²) in [6, 6.07) is 6.52. The Bertz CT molecular complexity index is 510. The Kier molecular flexibility index (Phi) is 3.28. The first kappa shape index (κ1) is 12.5. The van der Waals surface area contributed by atoms with Crippen LogP contribution in [0.2, 0.25) is 0 Å². The first-order valence-corrected chi connectivity index (χ1v) is 5.94. The summed E-state index contributed by atoms with van der Waals surface area (Å²) in [5, 5.41) is 0. The van der Waals surface area contributed by atoms with Crippen LogP contribution in [0, 0.1) is 5.92 Å². The molecule has 0 saturated heterocycles. The van der Waals surface area contributed by atoms with Crippen LogP contribution < -0.4 is 4.90 Å². The van der Waals surface area contributed by atoms with E-state index >= 15 is 0 Å². The zero-order valence-electron chi connectivity index (χ0n) is 10.4. The van der Waals surface area contributed by atoms with Gasteiger partial charge in [-0.25, -0.2) is 0 Å². The molecule has 94 valence electrons. The van der Waals surface area contributed by atoms with Gasteiger partial charge in [0.2, 0.25) is 5.91 Å². The van der Waals surface area contributed by atoms with Crippen LogP contribution in [0.3, 0.4) is 0 Å². The molecule has 4 nitrogen and oxygen atoms in total. The number of fused-ring (bicyclic) bond motifs is 1. The molecule has 2 rings (SSSR count). The summed E-state index contributed by atoms with van der Waals surface area (Å²) in [7, 11) is 0. The highest BCUT2D eigenvalue weighted by atomic mass is 16.2. The van der Waals surface area contributed by atoms with Crippen molar-refractivity contribution in [3.05, 3.63) is 29.8 Å². The number of para-hydroxylation sites is 1. The van der Waals surface area contributed by atoms with E-state index in [1.54, 1.807) is 24.3 Å². The fourth-order valence-electron chi connectivity index (χ4n) is 2.48. The average molecular weight is 245 g/mol. The average Bonchev–Trinajstić information content (AvgIpc) is 2.64. The standard InChI is InChI=1S/C14H15NO3/c1-9(7-8-16)13-14(18)11-5-3-4-6-12(11)15(13)10(2)17/h3-6,8-9,13H,7H2,1-2H3. The lowest BCUT2D eigenvalue weighted by atomic mass is 9.94. The van der Waals surface area contributed by atoms with Crippen LogP contribution in [-0.2, 0) is 9.59 Å². The Morgan fingerprint density at radius 3 is 2.72 bits per heavy atom. The number of aldehydes is 1. The molecule has 2 unspecified atom stereocenters. The number of amides is 1. The Labute approximate surface area is 106 Å². The van der Waals surface area contributed by atoms with E-state index in [1.165, 1.54) is 11.8 Å². The first-order chi connectivity index (χ1) is 8.57. The van der Waals surface area contributed by atoms with Crippen molar-refractivity contribution in [3.63, 3.8) is 0 Å². The monoisotopic (exact) mass is 245 g/mol. The number of Topliss-reactive ketones (excluding diaryl/α,β-unsaturated/α-hetero) is 1. The van der Waals surface area contributed by atoms with Gasteiger partial charge in [0.05, 0.1) is 5.69 Å². The molecule has 0 saturated carbocycles. The van der Waals surface area contributed by atoms with Crippen molar-refractivity contribution in [1.82, 2.24) is 0 Å². The maximum absolute atomic E-state index is 12.3. The van der Waals surface area contributed by atoms with Crippen LogP contribution >= 0.6 is 0 Å². The van der Waals surface area contributed by atoms with E-state index in [0.717, 1.165) is 6.29 Å². The topological polar surface area (TPSA) is 54.5 Å². The van der Waals surface area contributed by atoms with Crippen LogP contribution in [0.5, 0.6) is 0 Å². The molecular formula is C14H15NO3. The van der Waals surface area contributed by atoms with Gasteiger partial charge in [-0.3, -0.25) is 9.59 Å². The first-order valence-electron chi connectivity index (χ1n) is 5.94. The number of nitrogens with zero attached hydrogens (tertiary/aromatic N) is 1. The van der Waals surface area contributed by atoms with Gasteiger partial charge < -0.3 is 9.69 Å². The van der Waals surface area contributed by atoms with Crippen molar-refractivity contribution >= 4 is 23.7 Å². The fourth-order valence-corrected chi connectivity index (χ4v) is 2.48. The van der Waals surface area contributed by atoms with E-state index in [9.17, 15) is 14.4 Å². The van der Waals surface area contributed by atoms with Crippen molar-refractivity contribution in [2.24, 2.45) is 5.92 Å². The van der Waals surface area contributed by atoms with Gasteiger partial charge in [0.25, 0.3) is 0 Å². The van der Waals surface area contributed by atoms with Gasteiger partial charge in [-0.15, -0.1) is 0 Å². The second kappa shape index (κ2) is 4.72. The third-order valence-corrected chi connectivity index (χ3v) is 3.32. The summed E-state index contributed by atoms with van der Waals surface area (Å²) < 4.78 is 0. The quantitative estimate of drug-likeness (QED) is 0.763. The van der Waals surface area contributed by atoms with E-state index in [-0.39, 0.29) is 24.0 Å². The minimum Gasteiger partial charge on any atom is -0.303 e. The highest BCUT2D eigenvalue weighted by Crippen LogP contribution is 2.35. The second-order valence-electron chi connectivity index (χ2n) is 4.59. The van der Waals surface area contributed by atoms with Gasteiger partial charge in [-0.05, 0) is 18.1 Å². The molecule has 2 atom stereocenters. The molecule has 1 amide bonds. The van der Waals surface area contributed by atoms with Gasteiger partial charge >= 0.3 is 0 Å². The van der Waals surface area contributed by atoms with E-state index < -0.39 is 6.04 Å². The predicted molar refractivity (Wildman–Crippen MR) is 67.6 cm³/mol. The molecule has 1 aliphatic heterocycles. The third kappa shape index (κ3) is 1.83. The van der Waals surface area contributed by atoms with Gasteiger partial charge in [-0.2, -0.15) is 0 Å². The van der Waals surface area contributed by atoms with Crippen LogP contribution in [0.4, 0.5) is 5.69 Å². The minimum absolute atomic E-state index is 0.0739. The van der Waals surface area contributed by atoms with Crippen molar-refractivity contribution in [1.29, 1.82) is 0 Å². The van der Waals surface area contributed by atoms with Crippen molar-refractivity contribution in [2.75, 3.05) is 4.90 Å². The summed E-state index contributed by atoms with van der Waals surface area (Å²) in [6.45, 7) is 3.26. The highest BCUT2D eigenvalue weighted by Gasteiger charge is 2.41. The van der Waals surface area contributed by atoms with Gasteiger partial charge in [0.1, 0.15) is 12.3 Å². The molecule has 0 radical (unpaired) electrons. The maximum atomic E-state index is 12.3. The van der Waals surface area contributed by atoms with Crippen LogP contribution in [0.25, 0.3) is 0 Å². The molecule has 0 aliphatic carbocycles. The molecule has 18 heavy (non-hydrogen) atoms. The summed E-state index contributed by atoms with van der Waals surface area (Å²) in [5.41, 5.74) is 1.22. The van der Waals surface area contributed by atoms with Gasteiger partial charge in [0, 0.05) is 18.9 Å². The third-order valence-electron chi connectivity index (χ3n) is 3.32. The Balaban J connectivity index is 2.47. The lowest BCUT2D eigenvalue weighted by Crippen LogP contribution is -2.43. The van der Waals surface area contributed by atoms with E-state index in [2.05, 4.69) is 0 Å². The Morgan fingerprint density at radius 1 is 1.44 bits per heavy atom. The molecule has 1 heterocycles. The molecule has 1 aromatic carbocycles.